The lowest BCUT2D eigenvalue weighted by Crippen LogP contribution is -2.61. The lowest BCUT2D eigenvalue weighted by molar-refractivity contribution is -0.127. The third-order valence-electron chi connectivity index (χ3n) is 4.64. The molecule has 0 radical (unpaired) electrons. The number of carbonyl (C=O) groups is 1. The van der Waals surface area contributed by atoms with Crippen LogP contribution < -0.4 is 11.1 Å². The van der Waals surface area contributed by atoms with Crippen LogP contribution in [0, 0.1) is 0 Å². The Bertz CT molecular complexity index is 378. The number of hydrogen-bond donors (Lipinski definition) is 2. The molecule has 1 heterocycles. The summed E-state index contributed by atoms with van der Waals surface area (Å²) in [5, 5.41) is 3.05. The van der Waals surface area contributed by atoms with E-state index in [0.717, 1.165) is 32.6 Å². The molecule has 1 saturated heterocycles. The molecule has 21 heavy (non-hydrogen) atoms. The second-order valence-corrected chi connectivity index (χ2v) is 6.88. The average Bonchev–Trinajstić information content (AvgIpc) is 2.46. The van der Waals surface area contributed by atoms with Crippen molar-refractivity contribution in [2.45, 2.75) is 58.7 Å². The maximum atomic E-state index is 12.2. The number of nitrogens with zero attached hydrogens (tertiary/aromatic N) is 2. The Labute approximate surface area is 134 Å². The van der Waals surface area contributed by atoms with Gasteiger partial charge in [0, 0.05) is 32.2 Å². The van der Waals surface area contributed by atoms with Crippen LogP contribution in [-0.4, -0.2) is 64.5 Å². The molecule has 122 valence electrons. The van der Waals surface area contributed by atoms with Gasteiger partial charge in [-0.05, 0) is 34.1 Å². The third kappa shape index (κ3) is 4.63. The second kappa shape index (κ2) is 7.51. The summed E-state index contributed by atoms with van der Waals surface area (Å²) in [7, 11) is 0. The molecule has 1 fully saturated rings. The highest BCUT2D eigenvalue weighted by Gasteiger charge is 2.34. The van der Waals surface area contributed by atoms with Crippen molar-refractivity contribution >= 4 is 23.1 Å². The van der Waals surface area contributed by atoms with Gasteiger partial charge in [-0.15, -0.1) is 0 Å². The Balaban J connectivity index is 2.53. The van der Waals surface area contributed by atoms with Crippen LogP contribution >= 0.6 is 12.2 Å². The molecule has 6 heteroatoms. The first kappa shape index (κ1) is 18.3. The predicted octanol–water partition coefficient (Wildman–Crippen LogP) is 0.972. The van der Waals surface area contributed by atoms with Gasteiger partial charge in [-0.3, -0.25) is 14.6 Å². The average molecular weight is 314 g/mol. The normalized spacial score (nSPS) is 20.8. The van der Waals surface area contributed by atoms with Gasteiger partial charge >= 0.3 is 0 Å². The molecule has 0 bridgehead atoms. The molecule has 1 rings (SSSR count). The molecule has 2 unspecified atom stereocenters. The Morgan fingerprint density at radius 2 is 1.81 bits per heavy atom. The largest absolute Gasteiger partial charge is 0.392 e. The third-order valence-corrected chi connectivity index (χ3v) is 5.14. The van der Waals surface area contributed by atoms with Gasteiger partial charge in [0.1, 0.15) is 0 Å². The summed E-state index contributed by atoms with van der Waals surface area (Å²) in [4.78, 5) is 17.2. The van der Waals surface area contributed by atoms with Gasteiger partial charge in [0.05, 0.1) is 16.6 Å². The molecule has 1 aliphatic rings. The van der Waals surface area contributed by atoms with Crippen LogP contribution in [0.15, 0.2) is 0 Å². The fourth-order valence-electron chi connectivity index (χ4n) is 2.46. The maximum Gasteiger partial charge on any atom is 0.237 e. The molecule has 0 aromatic carbocycles. The van der Waals surface area contributed by atoms with Crippen molar-refractivity contribution in [3.05, 3.63) is 0 Å². The van der Waals surface area contributed by atoms with E-state index in [-0.39, 0.29) is 23.5 Å². The highest BCUT2D eigenvalue weighted by molar-refractivity contribution is 7.80. The fraction of sp³-hybridized carbons (Fsp3) is 0.867. The minimum Gasteiger partial charge on any atom is -0.392 e. The van der Waals surface area contributed by atoms with Crippen molar-refractivity contribution < 1.29 is 4.79 Å². The first-order valence-corrected chi connectivity index (χ1v) is 8.20. The SMILES string of the molecule is CCC(C)NC(=O)C(C)N1CCN(C(C)(C)C(N)=S)CC1. The van der Waals surface area contributed by atoms with Gasteiger partial charge in [-0.1, -0.05) is 19.1 Å². The Hall–Kier alpha value is -0.720. The summed E-state index contributed by atoms with van der Waals surface area (Å²) in [6.07, 6.45) is 0.953. The topological polar surface area (TPSA) is 61.6 Å². The van der Waals surface area contributed by atoms with E-state index in [9.17, 15) is 4.79 Å². The van der Waals surface area contributed by atoms with E-state index >= 15 is 0 Å². The Morgan fingerprint density at radius 1 is 1.29 bits per heavy atom. The van der Waals surface area contributed by atoms with E-state index in [2.05, 4.69) is 35.9 Å². The van der Waals surface area contributed by atoms with Crippen molar-refractivity contribution in [2.24, 2.45) is 5.73 Å². The zero-order valence-corrected chi connectivity index (χ0v) is 14.8. The minimum atomic E-state index is -0.260. The number of piperazine rings is 1. The van der Waals surface area contributed by atoms with Crippen LogP contribution in [0.4, 0.5) is 0 Å². The molecule has 3 N–H and O–H groups in total. The second-order valence-electron chi connectivity index (χ2n) is 6.44. The van der Waals surface area contributed by atoms with Crippen molar-refractivity contribution in [1.29, 1.82) is 0 Å². The van der Waals surface area contributed by atoms with Crippen molar-refractivity contribution in [1.82, 2.24) is 15.1 Å². The summed E-state index contributed by atoms with van der Waals surface area (Å²) < 4.78 is 0. The van der Waals surface area contributed by atoms with Gasteiger partial charge in [-0.2, -0.15) is 0 Å². The zero-order valence-electron chi connectivity index (χ0n) is 14.0. The van der Waals surface area contributed by atoms with Crippen molar-refractivity contribution in [3.63, 3.8) is 0 Å². The summed E-state index contributed by atoms with van der Waals surface area (Å²) in [6.45, 7) is 13.7. The first-order valence-electron chi connectivity index (χ1n) is 7.79. The summed E-state index contributed by atoms with van der Waals surface area (Å²) >= 11 is 5.15. The Morgan fingerprint density at radius 3 is 2.24 bits per heavy atom. The lowest BCUT2D eigenvalue weighted by Gasteiger charge is -2.44. The van der Waals surface area contributed by atoms with E-state index in [0.29, 0.717) is 4.99 Å². The van der Waals surface area contributed by atoms with E-state index in [1.165, 1.54) is 0 Å². The number of nitrogens with two attached hydrogens (primary N) is 1. The van der Waals surface area contributed by atoms with Crippen LogP contribution in [0.3, 0.4) is 0 Å². The summed E-state index contributed by atoms with van der Waals surface area (Å²) in [5.74, 6) is 0.117. The molecule has 0 aromatic heterocycles. The highest BCUT2D eigenvalue weighted by Crippen LogP contribution is 2.18. The fourth-order valence-corrected chi connectivity index (χ4v) is 2.58. The minimum absolute atomic E-state index is 0.0888. The number of hydrogen-bond acceptors (Lipinski definition) is 4. The standard InChI is InChI=1S/C15H30N4OS/c1-6-11(2)17-13(20)12(3)18-7-9-19(10-8-18)15(4,5)14(16)21/h11-12H,6-10H2,1-5H3,(H2,16,21)(H,17,20). The number of carbonyl (C=O) groups excluding carboxylic acids is 1. The van der Waals surface area contributed by atoms with E-state index in [1.807, 2.05) is 13.8 Å². The van der Waals surface area contributed by atoms with Gasteiger partial charge in [0.15, 0.2) is 0 Å². The smallest absolute Gasteiger partial charge is 0.237 e. The summed E-state index contributed by atoms with van der Waals surface area (Å²) in [6, 6.07) is 0.142. The number of rotatable bonds is 6. The lowest BCUT2D eigenvalue weighted by atomic mass is 10.0. The van der Waals surface area contributed by atoms with Crippen molar-refractivity contribution in [3.8, 4) is 0 Å². The molecule has 2 atom stereocenters. The molecular formula is C15H30N4OS. The van der Waals surface area contributed by atoms with Gasteiger partial charge < -0.3 is 11.1 Å². The van der Waals surface area contributed by atoms with Crippen LogP contribution in [0.5, 0.6) is 0 Å². The van der Waals surface area contributed by atoms with Gasteiger partial charge in [0.25, 0.3) is 0 Å². The van der Waals surface area contributed by atoms with Crippen molar-refractivity contribution in [2.75, 3.05) is 26.2 Å². The van der Waals surface area contributed by atoms with Crippen LogP contribution in [-0.2, 0) is 4.79 Å². The monoisotopic (exact) mass is 314 g/mol. The van der Waals surface area contributed by atoms with Gasteiger partial charge in [-0.25, -0.2) is 0 Å². The van der Waals surface area contributed by atoms with Gasteiger partial charge in [0.2, 0.25) is 5.91 Å². The summed E-state index contributed by atoms with van der Waals surface area (Å²) in [5.41, 5.74) is 5.57. The number of nitrogens with one attached hydrogen (secondary N) is 1. The molecule has 0 aromatic rings. The number of thiocarbonyl (C=S) groups is 1. The van der Waals surface area contributed by atoms with E-state index in [1.54, 1.807) is 0 Å². The van der Waals surface area contributed by atoms with Crippen LogP contribution in [0.1, 0.15) is 41.0 Å². The first-order chi connectivity index (χ1) is 9.70. The molecule has 0 aliphatic carbocycles. The van der Waals surface area contributed by atoms with E-state index < -0.39 is 0 Å². The molecule has 0 saturated carbocycles. The number of amides is 1. The zero-order chi connectivity index (χ0) is 16.2. The molecule has 1 amide bonds. The quantitative estimate of drug-likeness (QED) is 0.716. The molecule has 0 spiro atoms. The van der Waals surface area contributed by atoms with E-state index in [4.69, 9.17) is 18.0 Å². The molecule has 1 aliphatic heterocycles. The highest BCUT2D eigenvalue weighted by atomic mass is 32.1. The van der Waals surface area contributed by atoms with Crippen LogP contribution in [0.2, 0.25) is 0 Å². The van der Waals surface area contributed by atoms with Crippen LogP contribution in [0.25, 0.3) is 0 Å². The maximum absolute atomic E-state index is 12.2. The molecular weight excluding hydrogens is 284 g/mol. The Kier molecular flexibility index (Phi) is 6.56. The predicted molar refractivity (Wildman–Crippen MR) is 91.4 cm³/mol. The molecule has 5 nitrogen and oxygen atoms in total.